The monoisotopic (exact) mass is 254 g/mol. The molecule has 4 heteroatoms. The van der Waals surface area contributed by atoms with E-state index in [2.05, 4.69) is 12.2 Å². The molecular formula is C14H26N2O2. The predicted octanol–water partition coefficient (Wildman–Crippen LogP) is 2.12. The number of nitrogens with one attached hydrogen (secondary N) is 1. The molecular weight excluding hydrogens is 228 g/mol. The summed E-state index contributed by atoms with van der Waals surface area (Å²) in [5.41, 5.74) is -0.369. The fraction of sp³-hybridized carbons (Fsp3) is 0.929. The van der Waals surface area contributed by atoms with Crippen molar-refractivity contribution in [3.05, 3.63) is 0 Å². The van der Waals surface area contributed by atoms with Gasteiger partial charge in [0, 0.05) is 13.1 Å². The van der Waals surface area contributed by atoms with E-state index in [0.717, 1.165) is 45.2 Å². The van der Waals surface area contributed by atoms with Crippen molar-refractivity contribution in [3.63, 3.8) is 0 Å². The maximum atomic E-state index is 12.2. The van der Waals surface area contributed by atoms with Crippen molar-refractivity contribution in [1.82, 2.24) is 10.2 Å². The third-order valence-electron chi connectivity index (χ3n) is 4.41. The smallest absolute Gasteiger partial charge is 0.317 e. The van der Waals surface area contributed by atoms with Crippen molar-refractivity contribution in [2.24, 2.45) is 5.92 Å². The third-order valence-corrected chi connectivity index (χ3v) is 4.41. The highest BCUT2D eigenvalue weighted by molar-refractivity contribution is 5.75. The van der Waals surface area contributed by atoms with Crippen LogP contribution in [0.1, 0.15) is 51.9 Å². The first-order valence-electron chi connectivity index (χ1n) is 7.33. The van der Waals surface area contributed by atoms with Crippen LogP contribution >= 0.6 is 0 Å². The van der Waals surface area contributed by atoms with Crippen LogP contribution in [-0.2, 0) is 0 Å². The molecule has 2 aliphatic rings. The number of amides is 2. The molecule has 1 heterocycles. The van der Waals surface area contributed by atoms with Gasteiger partial charge < -0.3 is 15.3 Å². The highest BCUT2D eigenvalue weighted by Gasteiger charge is 2.36. The van der Waals surface area contributed by atoms with Gasteiger partial charge in [-0.2, -0.15) is 0 Å². The number of carbonyl (C=O) groups is 1. The Bertz CT molecular complexity index is 290. The minimum absolute atomic E-state index is 0.0258. The number of piperidine rings is 1. The van der Waals surface area contributed by atoms with E-state index in [1.807, 2.05) is 4.90 Å². The van der Waals surface area contributed by atoms with E-state index in [-0.39, 0.29) is 18.2 Å². The lowest BCUT2D eigenvalue weighted by atomic mass is 9.77. The summed E-state index contributed by atoms with van der Waals surface area (Å²) in [5.74, 6) is 0.590. The molecule has 4 nitrogen and oxygen atoms in total. The van der Waals surface area contributed by atoms with Crippen LogP contribution < -0.4 is 5.32 Å². The number of likely N-dealkylation sites (tertiary alicyclic amines) is 1. The number of aliphatic hydroxyl groups excluding tert-OH is 1. The van der Waals surface area contributed by atoms with Crippen molar-refractivity contribution in [2.75, 3.05) is 19.7 Å². The summed E-state index contributed by atoms with van der Waals surface area (Å²) < 4.78 is 0. The first-order valence-corrected chi connectivity index (χ1v) is 7.33. The van der Waals surface area contributed by atoms with Gasteiger partial charge in [0.2, 0.25) is 0 Å². The van der Waals surface area contributed by atoms with Gasteiger partial charge in [0.1, 0.15) is 0 Å². The van der Waals surface area contributed by atoms with E-state index in [1.165, 1.54) is 12.8 Å². The Morgan fingerprint density at radius 1 is 1.33 bits per heavy atom. The summed E-state index contributed by atoms with van der Waals surface area (Å²) in [4.78, 5) is 14.1. The number of urea groups is 1. The number of hydrogen-bond donors (Lipinski definition) is 2. The fourth-order valence-corrected chi connectivity index (χ4v) is 3.36. The molecule has 0 radical (unpaired) electrons. The van der Waals surface area contributed by atoms with Crippen LogP contribution in [0.15, 0.2) is 0 Å². The molecule has 2 rings (SSSR count). The van der Waals surface area contributed by atoms with Crippen molar-refractivity contribution >= 4 is 6.03 Å². The molecule has 1 saturated heterocycles. The van der Waals surface area contributed by atoms with Gasteiger partial charge in [0.25, 0.3) is 0 Å². The summed E-state index contributed by atoms with van der Waals surface area (Å²) in [6.45, 7) is 4.00. The van der Waals surface area contributed by atoms with Gasteiger partial charge in [0.15, 0.2) is 0 Å². The maximum Gasteiger partial charge on any atom is 0.317 e. The van der Waals surface area contributed by atoms with Gasteiger partial charge >= 0.3 is 6.03 Å². The van der Waals surface area contributed by atoms with E-state index in [4.69, 9.17) is 0 Å². The van der Waals surface area contributed by atoms with E-state index < -0.39 is 0 Å². The molecule has 2 fully saturated rings. The Morgan fingerprint density at radius 3 is 2.67 bits per heavy atom. The van der Waals surface area contributed by atoms with E-state index in [1.54, 1.807) is 0 Å². The highest BCUT2D eigenvalue weighted by atomic mass is 16.3. The summed E-state index contributed by atoms with van der Waals surface area (Å²) >= 11 is 0. The molecule has 104 valence electrons. The summed E-state index contributed by atoms with van der Waals surface area (Å²) in [5, 5.41) is 12.8. The Morgan fingerprint density at radius 2 is 2.06 bits per heavy atom. The standard InChI is InChI=1S/C14H26N2O2/c1-12-6-5-7-14(10-12,11-17)15-13(18)16-8-3-2-4-9-16/h12,17H,2-11H2,1H3,(H,15,18). The van der Waals surface area contributed by atoms with Crippen molar-refractivity contribution in [2.45, 2.75) is 57.4 Å². The van der Waals surface area contributed by atoms with Crippen LogP contribution in [0, 0.1) is 5.92 Å². The Kier molecular flexibility index (Phi) is 4.49. The average Bonchev–Trinajstić information content (AvgIpc) is 2.39. The minimum Gasteiger partial charge on any atom is -0.394 e. The lowest BCUT2D eigenvalue weighted by molar-refractivity contribution is 0.0948. The van der Waals surface area contributed by atoms with Crippen molar-refractivity contribution in [1.29, 1.82) is 0 Å². The number of hydrogen-bond acceptors (Lipinski definition) is 2. The minimum atomic E-state index is -0.369. The fourth-order valence-electron chi connectivity index (χ4n) is 3.36. The highest BCUT2D eigenvalue weighted by Crippen LogP contribution is 2.32. The molecule has 18 heavy (non-hydrogen) atoms. The van der Waals surface area contributed by atoms with Gasteiger partial charge in [-0.3, -0.25) is 0 Å². The second kappa shape index (κ2) is 5.91. The average molecular weight is 254 g/mol. The zero-order chi connectivity index (χ0) is 13.0. The number of carbonyl (C=O) groups excluding carboxylic acids is 1. The van der Waals surface area contributed by atoms with E-state index in [0.29, 0.717) is 5.92 Å². The molecule has 0 bridgehead atoms. The van der Waals surface area contributed by atoms with Crippen LogP contribution in [0.5, 0.6) is 0 Å². The second-order valence-corrected chi connectivity index (χ2v) is 6.12. The van der Waals surface area contributed by atoms with Gasteiger partial charge in [-0.05, 0) is 38.0 Å². The largest absolute Gasteiger partial charge is 0.394 e. The van der Waals surface area contributed by atoms with Crippen LogP contribution in [0.4, 0.5) is 4.79 Å². The van der Waals surface area contributed by atoms with Crippen molar-refractivity contribution < 1.29 is 9.90 Å². The summed E-state index contributed by atoms with van der Waals surface area (Å²) in [7, 11) is 0. The number of aliphatic hydroxyl groups is 1. The molecule has 0 aromatic heterocycles. The summed E-state index contributed by atoms with van der Waals surface area (Å²) in [6, 6.07) is 0.0258. The predicted molar refractivity (Wildman–Crippen MR) is 71.4 cm³/mol. The van der Waals surface area contributed by atoms with E-state index >= 15 is 0 Å². The van der Waals surface area contributed by atoms with Gasteiger partial charge in [0.05, 0.1) is 12.1 Å². The molecule has 1 aliphatic carbocycles. The zero-order valence-electron chi connectivity index (χ0n) is 11.5. The normalized spacial score (nSPS) is 33.2. The Labute approximate surface area is 110 Å². The van der Waals surface area contributed by atoms with Crippen LogP contribution in [0.25, 0.3) is 0 Å². The number of nitrogens with zero attached hydrogens (tertiary/aromatic N) is 1. The molecule has 0 aromatic carbocycles. The van der Waals surface area contributed by atoms with Crippen LogP contribution in [0.3, 0.4) is 0 Å². The molecule has 0 aromatic rings. The Hall–Kier alpha value is -0.770. The molecule has 2 N–H and O–H groups in total. The quantitative estimate of drug-likeness (QED) is 0.793. The Balaban J connectivity index is 1.94. The van der Waals surface area contributed by atoms with Crippen LogP contribution in [-0.4, -0.2) is 41.3 Å². The molecule has 2 atom stereocenters. The second-order valence-electron chi connectivity index (χ2n) is 6.12. The molecule has 1 saturated carbocycles. The molecule has 2 amide bonds. The first kappa shape index (κ1) is 13.7. The summed E-state index contributed by atoms with van der Waals surface area (Å²) in [6.07, 6.45) is 7.57. The topological polar surface area (TPSA) is 52.6 Å². The van der Waals surface area contributed by atoms with E-state index in [9.17, 15) is 9.90 Å². The number of rotatable bonds is 2. The van der Waals surface area contributed by atoms with Gasteiger partial charge in [-0.25, -0.2) is 4.79 Å². The van der Waals surface area contributed by atoms with Crippen molar-refractivity contribution in [3.8, 4) is 0 Å². The molecule has 1 aliphatic heterocycles. The molecule has 0 spiro atoms. The SMILES string of the molecule is CC1CCCC(CO)(NC(=O)N2CCCCC2)C1. The van der Waals surface area contributed by atoms with Gasteiger partial charge in [-0.15, -0.1) is 0 Å². The lowest BCUT2D eigenvalue weighted by Crippen LogP contribution is -2.57. The lowest BCUT2D eigenvalue weighted by Gasteiger charge is -2.41. The first-order chi connectivity index (χ1) is 8.65. The zero-order valence-corrected chi connectivity index (χ0v) is 11.5. The molecule has 2 unspecified atom stereocenters. The van der Waals surface area contributed by atoms with Crippen LogP contribution in [0.2, 0.25) is 0 Å². The third kappa shape index (κ3) is 3.16. The van der Waals surface area contributed by atoms with Gasteiger partial charge in [-0.1, -0.05) is 19.8 Å². The maximum absolute atomic E-state index is 12.2.